The van der Waals surface area contributed by atoms with Gasteiger partial charge in [-0.15, -0.1) is 0 Å². The molecule has 0 saturated heterocycles. The molecule has 1 heterocycles. The van der Waals surface area contributed by atoms with Gasteiger partial charge >= 0.3 is 0 Å². The molecule has 1 atom stereocenters. The zero-order chi connectivity index (χ0) is 12.7. The fourth-order valence-corrected chi connectivity index (χ4v) is 3.03. The normalized spacial score (nSPS) is 22.4. The van der Waals surface area contributed by atoms with E-state index in [1.807, 2.05) is 0 Å². The van der Waals surface area contributed by atoms with Crippen molar-refractivity contribution < 1.29 is 9.53 Å². The SMILES string of the molecule is Cc1cc(C)c2c(c1)C1=C[C@@H](CCCO2)CC1=O. The van der Waals surface area contributed by atoms with Gasteiger partial charge in [0.1, 0.15) is 5.75 Å². The summed E-state index contributed by atoms with van der Waals surface area (Å²) in [6.45, 7) is 4.88. The lowest BCUT2D eigenvalue weighted by Crippen LogP contribution is -2.07. The van der Waals surface area contributed by atoms with E-state index in [0.29, 0.717) is 12.3 Å². The summed E-state index contributed by atoms with van der Waals surface area (Å²) < 4.78 is 5.90. The topological polar surface area (TPSA) is 26.3 Å². The van der Waals surface area contributed by atoms with Crippen molar-refractivity contribution in [2.75, 3.05) is 6.61 Å². The van der Waals surface area contributed by atoms with E-state index in [9.17, 15) is 4.79 Å². The Bertz CT molecular complexity index is 540. The van der Waals surface area contributed by atoms with E-state index in [1.54, 1.807) is 0 Å². The maximum atomic E-state index is 12.1. The molecule has 1 aromatic carbocycles. The van der Waals surface area contributed by atoms with E-state index in [1.165, 1.54) is 5.56 Å². The van der Waals surface area contributed by atoms with Crippen LogP contribution in [0.5, 0.6) is 5.75 Å². The minimum atomic E-state index is 0.275. The standard InChI is InChI=1S/C16H18O2/c1-10-6-11(2)16-14(7-10)13-8-12(9-15(13)17)4-3-5-18-16/h6-8,12H,3-5,9H2,1-2H3/t12-/m1/s1. The number of carbonyl (C=O) groups is 1. The van der Waals surface area contributed by atoms with E-state index < -0.39 is 0 Å². The first-order chi connectivity index (χ1) is 8.65. The third kappa shape index (κ3) is 1.86. The predicted octanol–water partition coefficient (Wildman–Crippen LogP) is 3.45. The molecule has 0 spiro atoms. The Morgan fingerprint density at radius 3 is 2.94 bits per heavy atom. The Hall–Kier alpha value is -1.57. The quantitative estimate of drug-likeness (QED) is 0.696. The van der Waals surface area contributed by atoms with Gasteiger partial charge < -0.3 is 4.74 Å². The van der Waals surface area contributed by atoms with Crippen LogP contribution in [0.25, 0.3) is 5.57 Å². The maximum Gasteiger partial charge on any atom is 0.163 e. The van der Waals surface area contributed by atoms with Crippen molar-refractivity contribution in [2.24, 2.45) is 5.92 Å². The van der Waals surface area contributed by atoms with E-state index in [-0.39, 0.29) is 5.78 Å². The van der Waals surface area contributed by atoms with Crippen LogP contribution in [0.4, 0.5) is 0 Å². The number of hydrogen-bond acceptors (Lipinski definition) is 2. The summed E-state index contributed by atoms with van der Waals surface area (Å²) in [5, 5.41) is 0. The van der Waals surface area contributed by atoms with Crippen LogP contribution in [-0.2, 0) is 4.79 Å². The van der Waals surface area contributed by atoms with E-state index in [4.69, 9.17) is 4.74 Å². The number of aryl methyl sites for hydroxylation is 2. The van der Waals surface area contributed by atoms with Crippen molar-refractivity contribution in [3.05, 3.63) is 34.9 Å². The second-order valence-electron chi connectivity index (χ2n) is 5.42. The molecular weight excluding hydrogens is 224 g/mol. The number of allylic oxidation sites excluding steroid dienone is 2. The van der Waals surface area contributed by atoms with Crippen LogP contribution >= 0.6 is 0 Å². The van der Waals surface area contributed by atoms with Gasteiger partial charge in [0.25, 0.3) is 0 Å². The zero-order valence-corrected chi connectivity index (χ0v) is 11.0. The van der Waals surface area contributed by atoms with Gasteiger partial charge in [-0.1, -0.05) is 12.1 Å². The lowest BCUT2D eigenvalue weighted by Gasteiger charge is -2.16. The van der Waals surface area contributed by atoms with Crippen molar-refractivity contribution in [1.82, 2.24) is 0 Å². The summed E-state index contributed by atoms with van der Waals surface area (Å²) in [6.07, 6.45) is 4.92. The molecule has 0 radical (unpaired) electrons. The molecule has 2 heteroatoms. The van der Waals surface area contributed by atoms with Crippen molar-refractivity contribution in [3.8, 4) is 5.75 Å². The van der Waals surface area contributed by atoms with Crippen molar-refractivity contribution in [3.63, 3.8) is 0 Å². The second kappa shape index (κ2) is 4.27. The molecule has 0 N–H and O–H groups in total. The monoisotopic (exact) mass is 242 g/mol. The molecule has 2 nitrogen and oxygen atoms in total. The van der Waals surface area contributed by atoms with Gasteiger partial charge in [-0.05, 0) is 49.8 Å². The number of rotatable bonds is 0. The van der Waals surface area contributed by atoms with Gasteiger partial charge in [-0.2, -0.15) is 0 Å². The van der Waals surface area contributed by atoms with Crippen LogP contribution in [0.3, 0.4) is 0 Å². The van der Waals surface area contributed by atoms with Crippen molar-refractivity contribution in [2.45, 2.75) is 33.1 Å². The first kappa shape index (κ1) is 11.5. The molecule has 0 saturated carbocycles. The third-order valence-electron chi connectivity index (χ3n) is 3.83. The molecule has 1 aliphatic heterocycles. The van der Waals surface area contributed by atoms with Gasteiger partial charge in [0, 0.05) is 17.6 Å². The number of benzene rings is 1. The summed E-state index contributed by atoms with van der Waals surface area (Å²) >= 11 is 0. The van der Waals surface area contributed by atoms with Crippen LogP contribution in [0.15, 0.2) is 18.2 Å². The Morgan fingerprint density at radius 2 is 2.11 bits per heavy atom. The molecule has 2 aliphatic rings. The van der Waals surface area contributed by atoms with E-state index in [0.717, 1.165) is 41.9 Å². The summed E-state index contributed by atoms with van der Waals surface area (Å²) in [4.78, 5) is 12.1. The average molecular weight is 242 g/mol. The minimum absolute atomic E-state index is 0.275. The highest BCUT2D eigenvalue weighted by Gasteiger charge is 2.28. The molecule has 2 bridgehead atoms. The van der Waals surface area contributed by atoms with Gasteiger partial charge in [0.05, 0.1) is 6.61 Å². The maximum absolute atomic E-state index is 12.1. The Balaban J connectivity index is 2.19. The first-order valence-corrected chi connectivity index (χ1v) is 6.64. The smallest absolute Gasteiger partial charge is 0.163 e. The molecular formula is C16H18O2. The number of Topliss-reactive ketones (excluding diaryl/α,β-unsaturated/α-hetero) is 1. The molecule has 1 aromatic rings. The van der Waals surface area contributed by atoms with Gasteiger partial charge in [0.2, 0.25) is 0 Å². The lowest BCUT2D eigenvalue weighted by molar-refractivity contribution is -0.113. The number of ketones is 1. The fraction of sp³-hybridized carbons (Fsp3) is 0.438. The highest BCUT2D eigenvalue weighted by Crippen LogP contribution is 2.39. The van der Waals surface area contributed by atoms with E-state index >= 15 is 0 Å². The molecule has 1 aliphatic carbocycles. The Labute approximate surface area is 108 Å². The Morgan fingerprint density at radius 1 is 1.28 bits per heavy atom. The van der Waals surface area contributed by atoms with Crippen molar-refractivity contribution >= 4 is 11.4 Å². The summed E-state index contributed by atoms with van der Waals surface area (Å²) in [7, 11) is 0. The molecule has 3 rings (SSSR count). The fourth-order valence-electron chi connectivity index (χ4n) is 3.03. The Kier molecular flexibility index (Phi) is 2.73. The summed E-state index contributed by atoms with van der Waals surface area (Å²) in [6, 6.07) is 4.20. The van der Waals surface area contributed by atoms with Gasteiger partial charge in [-0.3, -0.25) is 4.79 Å². The number of fused-ring (bicyclic) bond motifs is 3. The number of carbonyl (C=O) groups excluding carboxylic acids is 1. The van der Waals surface area contributed by atoms with Gasteiger partial charge in [-0.25, -0.2) is 0 Å². The minimum Gasteiger partial charge on any atom is -0.493 e. The average Bonchev–Trinajstić information content (AvgIpc) is 2.70. The van der Waals surface area contributed by atoms with E-state index in [2.05, 4.69) is 32.1 Å². The molecule has 0 aromatic heterocycles. The molecule has 0 fully saturated rings. The molecule has 94 valence electrons. The summed E-state index contributed by atoms with van der Waals surface area (Å²) in [5.74, 6) is 1.60. The van der Waals surface area contributed by atoms with Crippen LogP contribution in [-0.4, -0.2) is 12.4 Å². The van der Waals surface area contributed by atoms with Crippen LogP contribution in [0.2, 0.25) is 0 Å². The largest absolute Gasteiger partial charge is 0.493 e. The number of hydrogen-bond donors (Lipinski definition) is 0. The number of ether oxygens (including phenoxy) is 1. The summed E-state index contributed by atoms with van der Waals surface area (Å²) in [5.41, 5.74) is 4.20. The van der Waals surface area contributed by atoms with Crippen LogP contribution in [0, 0.1) is 19.8 Å². The third-order valence-corrected chi connectivity index (χ3v) is 3.83. The predicted molar refractivity (Wildman–Crippen MR) is 71.7 cm³/mol. The first-order valence-electron chi connectivity index (χ1n) is 6.64. The van der Waals surface area contributed by atoms with Crippen LogP contribution in [0.1, 0.15) is 36.0 Å². The zero-order valence-electron chi connectivity index (χ0n) is 11.0. The highest BCUT2D eigenvalue weighted by molar-refractivity contribution is 6.23. The second-order valence-corrected chi connectivity index (χ2v) is 5.42. The molecule has 18 heavy (non-hydrogen) atoms. The highest BCUT2D eigenvalue weighted by atomic mass is 16.5. The van der Waals surface area contributed by atoms with Gasteiger partial charge in [0.15, 0.2) is 5.78 Å². The molecule has 0 amide bonds. The van der Waals surface area contributed by atoms with Crippen molar-refractivity contribution in [1.29, 1.82) is 0 Å². The molecule has 0 unspecified atom stereocenters. The lowest BCUT2D eigenvalue weighted by atomic mass is 9.98. The van der Waals surface area contributed by atoms with Crippen LogP contribution < -0.4 is 4.74 Å².